The molecule has 126 valence electrons. The normalized spacial score (nSPS) is 11.3. The molecule has 3 aromatic rings. The van der Waals surface area contributed by atoms with Crippen molar-refractivity contribution in [3.05, 3.63) is 60.4 Å². The number of nitrogens with zero attached hydrogens (tertiary/aromatic N) is 3. The van der Waals surface area contributed by atoms with Gasteiger partial charge >= 0.3 is 0 Å². The number of benzene rings is 2. The Morgan fingerprint density at radius 3 is 2.71 bits per heavy atom. The van der Waals surface area contributed by atoms with Crippen molar-refractivity contribution in [2.45, 2.75) is 19.9 Å². The van der Waals surface area contributed by atoms with Crippen LogP contribution >= 0.6 is 24.0 Å². The first-order valence-corrected chi connectivity index (χ1v) is 7.76. The minimum Gasteiger partial charge on any atom is -0.370 e. The van der Waals surface area contributed by atoms with Crippen LogP contribution in [0.15, 0.2) is 59.9 Å². The molecular weight excluding hydrogens is 413 g/mol. The van der Waals surface area contributed by atoms with Gasteiger partial charge in [0.1, 0.15) is 0 Å². The second-order valence-corrected chi connectivity index (χ2v) is 5.54. The molecule has 0 aliphatic carbocycles. The Kier molecular flexibility index (Phi) is 6.60. The van der Waals surface area contributed by atoms with Gasteiger partial charge in [0.25, 0.3) is 0 Å². The summed E-state index contributed by atoms with van der Waals surface area (Å²) in [5, 5.41) is 3.10. The van der Waals surface area contributed by atoms with Crippen molar-refractivity contribution < 1.29 is 0 Å². The lowest BCUT2D eigenvalue weighted by Gasteiger charge is -2.06. The second kappa shape index (κ2) is 8.68. The zero-order chi connectivity index (χ0) is 16.1. The van der Waals surface area contributed by atoms with E-state index in [1.165, 1.54) is 5.56 Å². The molecule has 0 radical (unpaired) electrons. The van der Waals surface area contributed by atoms with Gasteiger partial charge in [-0.2, -0.15) is 0 Å². The Hall–Kier alpha value is -2.09. The molecule has 0 saturated heterocycles. The van der Waals surface area contributed by atoms with E-state index in [4.69, 9.17) is 5.73 Å². The van der Waals surface area contributed by atoms with Gasteiger partial charge in [-0.3, -0.25) is 4.99 Å². The third-order valence-electron chi connectivity index (χ3n) is 3.69. The number of rotatable bonds is 5. The van der Waals surface area contributed by atoms with Gasteiger partial charge in [0, 0.05) is 18.8 Å². The smallest absolute Gasteiger partial charge is 0.193 e. The molecule has 0 unspecified atom stereocenters. The predicted molar refractivity (Wildman–Crippen MR) is 111 cm³/mol. The Labute approximate surface area is 159 Å². The maximum atomic E-state index is 5.91. The molecule has 3 rings (SSSR count). The van der Waals surface area contributed by atoms with Crippen molar-refractivity contribution >= 4 is 46.7 Å². The SMILES string of the molecule is Cc1ccc(NC(N)=NCCCn2cnc3ccccc32)cc1.I. The van der Waals surface area contributed by atoms with Crippen molar-refractivity contribution in [3.63, 3.8) is 0 Å². The molecule has 1 aromatic heterocycles. The largest absolute Gasteiger partial charge is 0.370 e. The third kappa shape index (κ3) is 4.70. The van der Waals surface area contributed by atoms with Gasteiger partial charge in [0.05, 0.1) is 17.4 Å². The van der Waals surface area contributed by atoms with Crippen molar-refractivity contribution in [1.82, 2.24) is 9.55 Å². The zero-order valence-electron chi connectivity index (χ0n) is 13.6. The predicted octanol–water partition coefficient (Wildman–Crippen LogP) is 3.78. The number of guanidine groups is 1. The highest BCUT2D eigenvalue weighted by Crippen LogP contribution is 2.12. The van der Waals surface area contributed by atoms with E-state index in [0.29, 0.717) is 12.5 Å². The Morgan fingerprint density at radius 2 is 1.92 bits per heavy atom. The van der Waals surface area contributed by atoms with Gasteiger partial charge < -0.3 is 15.6 Å². The molecule has 0 bridgehead atoms. The van der Waals surface area contributed by atoms with Crippen molar-refractivity contribution in [3.8, 4) is 0 Å². The average Bonchev–Trinajstić information content (AvgIpc) is 2.97. The molecule has 5 nitrogen and oxygen atoms in total. The van der Waals surface area contributed by atoms with Crippen LogP contribution in [-0.2, 0) is 6.54 Å². The van der Waals surface area contributed by atoms with Crippen LogP contribution in [0.25, 0.3) is 11.0 Å². The molecular formula is C18H22IN5. The number of hydrogen-bond donors (Lipinski definition) is 2. The topological polar surface area (TPSA) is 68.2 Å². The van der Waals surface area contributed by atoms with E-state index in [1.807, 2.05) is 48.8 Å². The van der Waals surface area contributed by atoms with E-state index in [9.17, 15) is 0 Å². The van der Waals surface area contributed by atoms with Crippen LogP contribution in [0.5, 0.6) is 0 Å². The Morgan fingerprint density at radius 1 is 1.17 bits per heavy atom. The maximum absolute atomic E-state index is 5.91. The lowest BCUT2D eigenvalue weighted by atomic mass is 10.2. The number of nitrogens with two attached hydrogens (primary N) is 1. The summed E-state index contributed by atoms with van der Waals surface area (Å²) in [5.74, 6) is 0.448. The van der Waals surface area contributed by atoms with Gasteiger partial charge in [-0.1, -0.05) is 29.8 Å². The van der Waals surface area contributed by atoms with Crippen LogP contribution in [0.3, 0.4) is 0 Å². The number of fused-ring (bicyclic) bond motifs is 1. The quantitative estimate of drug-likeness (QED) is 0.278. The summed E-state index contributed by atoms with van der Waals surface area (Å²) in [4.78, 5) is 8.76. The highest BCUT2D eigenvalue weighted by atomic mass is 127. The summed E-state index contributed by atoms with van der Waals surface area (Å²) in [6.07, 6.45) is 2.79. The third-order valence-corrected chi connectivity index (χ3v) is 3.69. The van der Waals surface area contributed by atoms with E-state index in [2.05, 4.69) is 32.9 Å². The minimum atomic E-state index is 0. The first kappa shape index (κ1) is 18.3. The van der Waals surface area contributed by atoms with Crippen LogP contribution in [0.1, 0.15) is 12.0 Å². The highest BCUT2D eigenvalue weighted by molar-refractivity contribution is 14.0. The summed E-state index contributed by atoms with van der Waals surface area (Å²) in [5.41, 5.74) is 10.3. The summed E-state index contributed by atoms with van der Waals surface area (Å²) in [6, 6.07) is 16.2. The zero-order valence-corrected chi connectivity index (χ0v) is 16.0. The molecule has 0 atom stereocenters. The van der Waals surface area contributed by atoms with Crippen molar-refractivity contribution in [2.75, 3.05) is 11.9 Å². The number of halogens is 1. The molecule has 0 amide bonds. The minimum absolute atomic E-state index is 0. The van der Waals surface area contributed by atoms with Crippen LogP contribution < -0.4 is 11.1 Å². The standard InChI is InChI=1S/C18H21N5.HI/c1-14-7-9-15(10-8-14)22-18(19)20-11-4-12-23-13-21-16-5-2-3-6-17(16)23;/h2-3,5-10,13H,4,11-12H2,1H3,(H3,19,20,22);1H. The van der Waals surface area contributed by atoms with Crippen LogP contribution in [0.2, 0.25) is 0 Å². The number of para-hydroxylation sites is 2. The van der Waals surface area contributed by atoms with Gasteiger partial charge in [-0.05, 0) is 37.6 Å². The van der Waals surface area contributed by atoms with E-state index in [0.717, 1.165) is 29.7 Å². The highest BCUT2D eigenvalue weighted by Gasteiger charge is 2.00. The first-order chi connectivity index (χ1) is 11.2. The number of anilines is 1. The summed E-state index contributed by atoms with van der Waals surface area (Å²) in [7, 11) is 0. The molecule has 0 spiro atoms. The fourth-order valence-electron chi connectivity index (χ4n) is 2.45. The number of aromatic nitrogens is 2. The lowest BCUT2D eigenvalue weighted by molar-refractivity contribution is 0.666. The second-order valence-electron chi connectivity index (χ2n) is 5.54. The summed E-state index contributed by atoms with van der Waals surface area (Å²) < 4.78 is 2.15. The van der Waals surface area contributed by atoms with E-state index in [1.54, 1.807) is 0 Å². The average molecular weight is 435 g/mol. The molecule has 0 aliphatic rings. The molecule has 3 N–H and O–H groups in total. The maximum Gasteiger partial charge on any atom is 0.193 e. The van der Waals surface area contributed by atoms with Gasteiger partial charge in [-0.25, -0.2) is 4.98 Å². The van der Waals surface area contributed by atoms with Crippen LogP contribution in [0, 0.1) is 6.92 Å². The van der Waals surface area contributed by atoms with Crippen molar-refractivity contribution in [1.29, 1.82) is 0 Å². The van der Waals surface area contributed by atoms with E-state index >= 15 is 0 Å². The molecule has 0 saturated carbocycles. The fourth-order valence-corrected chi connectivity index (χ4v) is 2.45. The number of imidazole rings is 1. The molecule has 0 fully saturated rings. The van der Waals surface area contributed by atoms with Gasteiger partial charge in [0.2, 0.25) is 0 Å². The van der Waals surface area contributed by atoms with E-state index in [-0.39, 0.29) is 24.0 Å². The van der Waals surface area contributed by atoms with Gasteiger partial charge in [-0.15, -0.1) is 24.0 Å². The number of aliphatic imine (C=N–C) groups is 1. The Balaban J connectivity index is 0.00000208. The Bertz CT molecular complexity index is 808. The molecule has 24 heavy (non-hydrogen) atoms. The molecule has 1 heterocycles. The molecule has 2 aromatic carbocycles. The molecule has 6 heteroatoms. The number of aryl methyl sites for hydroxylation is 2. The summed E-state index contributed by atoms with van der Waals surface area (Å²) >= 11 is 0. The van der Waals surface area contributed by atoms with Gasteiger partial charge in [0.15, 0.2) is 5.96 Å². The number of nitrogens with one attached hydrogen (secondary N) is 1. The lowest BCUT2D eigenvalue weighted by Crippen LogP contribution is -2.22. The first-order valence-electron chi connectivity index (χ1n) is 7.76. The van der Waals surface area contributed by atoms with E-state index < -0.39 is 0 Å². The fraction of sp³-hybridized carbons (Fsp3) is 0.222. The van der Waals surface area contributed by atoms with Crippen molar-refractivity contribution in [2.24, 2.45) is 10.7 Å². The van der Waals surface area contributed by atoms with Crippen LogP contribution in [0.4, 0.5) is 5.69 Å². The summed E-state index contributed by atoms with van der Waals surface area (Å²) in [6.45, 7) is 3.61. The number of hydrogen-bond acceptors (Lipinski definition) is 2. The monoisotopic (exact) mass is 435 g/mol. The molecule has 0 aliphatic heterocycles. The van der Waals surface area contributed by atoms with Crippen LogP contribution in [-0.4, -0.2) is 22.1 Å².